The van der Waals surface area contributed by atoms with Crippen LogP contribution in [0.4, 0.5) is 11.4 Å². The zero-order valence-electron chi connectivity index (χ0n) is 32.9. The summed E-state index contributed by atoms with van der Waals surface area (Å²) < 4.78 is 26.6. The molecule has 0 saturated carbocycles. The highest BCUT2D eigenvalue weighted by molar-refractivity contribution is 7.60. The lowest BCUT2D eigenvalue weighted by atomic mass is 9.81. The van der Waals surface area contributed by atoms with Crippen LogP contribution in [-0.4, -0.2) is 65.1 Å². The monoisotopic (exact) mass is 843 g/mol. The summed E-state index contributed by atoms with van der Waals surface area (Å²) in [7, 11) is -8.99. The number of allylic oxidation sites excluding steroid dienone is 8. The van der Waals surface area contributed by atoms with E-state index in [1.165, 1.54) is 12.1 Å². The van der Waals surface area contributed by atoms with Crippen LogP contribution in [0.1, 0.15) is 109 Å². The van der Waals surface area contributed by atoms with Crippen molar-refractivity contribution in [3.05, 3.63) is 93.7 Å². The lowest BCUT2D eigenvalue weighted by Gasteiger charge is -2.27. The van der Waals surface area contributed by atoms with Gasteiger partial charge in [0.2, 0.25) is 5.69 Å². The summed E-state index contributed by atoms with van der Waals surface area (Å²) >= 11 is 7.17. The molecule has 5 rings (SSSR count). The number of unbranched alkanes of at least 4 members (excludes halogenated alkanes) is 4. The Hall–Kier alpha value is -3.60. The number of aliphatic carboxylic acids is 2. The zero-order chi connectivity index (χ0) is 41.9. The highest BCUT2D eigenvalue weighted by Crippen LogP contribution is 2.50. The van der Waals surface area contributed by atoms with E-state index in [4.69, 9.17) is 21.8 Å². The maximum Gasteiger partial charge on any atom is 0.356 e. The summed E-state index contributed by atoms with van der Waals surface area (Å²) in [6.45, 7) is 9.29. The minimum Gasteiger partial charge on any atom is -0.481 e. The van der Waals surface area contributed by atoms with Gasteiger partial charge in [0.05, 0.1) is 16.0 Å². The molecule has 0 radical (unpaired) electrons. The molecular weight excluding hydrogens is 790 g/mol. The van der Waals surface area contributed by atoms with E-state index >= 15 is 0 Å². The Labute approximate surface area is 339 Å². The standard InChI is InChI=1S/C42H53ClN2O10P2/c1-41(2)32-26-30(56(50,51)52)18-20-34(32)44(24-9-5-7-14-38(46)47)36(41)22-16-28-12-11-13-29(40(28)43)17-23-37-42(3,4)33-27-31(57(53,54)55)19-21-35(33)45(37)25-10-6-8-15-39(48)49/h16-23,26-27H,5-15,24-25H2,1-4H3,(H5-,46,47,48,49,50,51,52,53,54,55)/p+1. The topological polar surface area (TPSA) is 196 Å². The molecular formula is C42H54ClN2O10P2+. The smallest absolute Gasteiger partial charge is 0.356 e. The van der Waals surface area contributed by atoms with Gasteiger partial charge < -0.3 is 34.7 Å². The molecule has 57 heavy (non-hydrogen) atoms. The number of carbonyl (C=O) groups is 2. The Morgan fingerprint density at radius 1 is 0.772 bits per heavy atom. The van der Waals surface area contributed by atoms with E-state index < -0.39 is 38.0 Å². The highest BCUT2D eigenvalue weighted by atomic mass is 35.5. The molecule has 0 spiro atoms. The summed E-state index contributed by atoms with van der Waals surface area (Å²) in [5.41, 5.74) is 5.84. The molecule has 2 heterocycles. The lowest BCUT2D eigenvalue weighted by Crippen LogP contribution is -2.28. The molecule has 3 aliphatic rings. The van der Waals surface area contributed by atoms with E-state index in [0.717, 1.165) is 77.2 Å². The molecule has 15 heteroatoms. The Morgan fingerprint density at radius 3 is 1.98 bits per heavy atom. The summed E-state index contributed by atoms with van der Waals surface area (Å²) in [6.07, 6.45) is 14.6. The van der Waals surface area contributed by atoms with Crippen LogP contribution < -0.4 is 15.5 Å². The van der Waals surface area contributed by atoms with E-state index in [-0.39, 0.29) is 23.5 Å². The first-order chi connectivity index (χ1) is 26.6. The number of anilines is 1. The van der Waals surface area contributed by atoms with Gasteiger partial charge in [-0.3, -0.25) is 18.7 Å². The second-order valence-corrected chi connectivity index (χ2v) is 19.7. The maximum absolute atomic E-state index is 12.2. The van der Waals surface area contributed by atoms with Crippen LogP contribution >= 0.6 is 26.8 Å². The predicted octanol–water partition coefficient (Wildman–Crippen LogP) is 7.80. The third-order valence-electron chi connectivity index (χ3n) is 11.3. The average Bonchev–Trinajstić information content (AvgIpc) is 3.46. The van der Waals surface area contributed by atoms with Crippen molar-refractivity contribution in [1.82, 2.24) is 0 Å². The number of carboxylic acid groups (broad SMARTS) is 2. The third kappa shape index (κ3) is 10.2. The number of carboxylic acids is 2. The number of benzene rings is 2. The second kappa shape index (κ2) is 17.7. The highest BCUT2D eigenvalue weighted by Gasteiger charge is 2.45. The van der Waals surface area contributed by atoms with Gasteiger partial charge in [-0.05, 0) is 112 Å². The molecule has 2 aliphatic heterocycles. The van der Waals surface area contributed by atoms with Gasteiger partial charge in [0.15, 0.2) is 5.71 Å². The molecule has 0 atom stereocenters. The van der Waals surface area contributed by atoms with Crippen LogP contribution in [0.3, 0.4) is 0 Å². The summed E-state index contributed by atoms with van der Waals surface area (Å²) in [5, 5.41) is 18.7. The van der Waals surface area contributed by atoms with E-state index in [1.54, 1.807) is 24.3 Å². The van der Waals surface area contributed by atoms with Gasteiger partial charge in [-0.15, -0.1) is 0 Å². The van der Waals surface area contributed by atoms with E-state index in [0.29, 0.717) is 43.8 Å². The molecule has 308 valence electrons. The van der Waals surface area contributed by atoms with E-state index in [9.17, 15) is 38.3 Å². The Kier molecular flexibility index (Phi) is 13.8. The minimum atomic E-state index is -4.49. The van der Waals surface area contributed by atoms with Crippen LogP contribution in [0, 0.1) is 0 Å². The van der Waals surface area contributed by atoms with Crippen molar-refractivity contribution in [2.45, 2.75) is 109 Å². The Morgan fingerprint density at radius 2 is 1.37 bits per heavy atom. The van der Waals surface area contributed by atoms with Gasteiger partial charge >= 0.3 is 27.1 Å². The predicted molar refractivity (Wildman–Crippen MR) is 224 cm³/mol. The molecule has 0 unspecified atom stereocenters. The lowest BCUT2D eigenvalue weighted by molar-refractivity contribution is -0.438. The fourth-order valence-corrected chi connectivity index (χ4v) is 9.63. The molecule has 1 aliphatic carbocycles. The van der Waals surface area contributed by atoms with Gasteiger partial charge in [0.25, 0.3) is 0 Å². The molecule has 0 bridgehead atoms. The quantitative estimate of drug-likeness (QED) is 0.0517. The van der Waals surface area contributed by atoms with E-state index in [2.05, 4.69) is 9.48 Å². The molecule has 0 fully saturated rings. The minimum absolute atomic E-state index is 0.0459. The van der Waals surface area contributed by atoms with Crippen molar-refractivity contribution in [3.8, 4) is 0 Å². The van der Waals surface area contributed by atoms with Crippen molar-refractivity contribution >= 4 is 66.4 Å². The molecule has 0 saturated heterocycles. The van der Waals surface area contributed by atoms with Crippen LogP contribution in [0.2, 0.25) is 0 Å². The molecule has 12 nitrogen and oxygen atoms in total. The summed E-state index contributed by atoms with van der Waals surface area (Å²) in [4.78, 5) is 64.2. The zero-order valence-corrected chi connectivity index (χ0v) is 35.5. The van der Waals surface area contributed by atoms with Crippen LogP contribution in [0.25, 0.3) is 0 Å². The van der Waals surface area contributed by atoms with Crippen LogP contribution in [-0.2, 0) is 29.5 Å². The van der Waals surface area contributed by atoms with Gasteiger partial charge in [0.1, 0.15) is 6.54 Å². The Bertz CT molecular complexity index is 2170. The van der Waals surface area contributed by atoms with Crippen molar-refractivity contribution in [3.63, 3.8) is 0 Å². The first-order valence-electron chi connectivity index (χ1n) is 19.4. The normalized spacial score (nSPS) is 19.3. The number of nitrogens with zero attached hydrogens (tertiary/aromatic N) is 2. The van der Waals surface area contributed by atoms with Gasteiger partial charge in [0, 0.05) is 65.3 Å². The van der Waals surface area contributed by atoms with Crippen LogP contribution in [0.15, 0.2) is 82.6 Å². The number of rotatable bonds is 17. The van der Waals surface area contributed by atoms with Gasteiger partial charge in [-0.25, -0.2) is 0 Å². The summed E-state index contributed by atoms with van der Waals surface area (Å²) in [5.74, 6) is -1.66. The third-order valence-corrected chi connectivity index (χ3v) is 13.7. The molecule has 6 N–H and O–H groups in total. The number of halogens is 1. The van der Waals surface area contributed by atoms with Crippen LogP contribution in [0.5, 0.6) is 0 Å². The molecule has 0 amide bonds. The molecule has 0 aromatic heterocycles. The van der Waals surface area contributed by atoms with Crippen molar-refractivity contribution < 1.29 is 53.1 Å². The second-order valence-electron chi connectivity index (χ2n) is 16.1. The molecule has 2 aromatic rings. The van der Waals surface area contributed by atoms with Crippen molar-refractivity contribution in [2.24, 2.45) is 0 Å². The number of hydrogen-bond donors (Lipinski definition) is 6. The fraction of sp³-hybridized carbons (Fsp3) is 0.452. The largest absolute Gasteiger partial charge is 0.481 e. The Balaban J connectivity index is 1.49. The SMILES string of the molecule is CC1(C)C(/C=C/C2=C(Cl)C(=C/C=C3\N(CCCCCC(=O)O)c4ccc(P(=O)(O)O)cc4C3(C)C)/CCC2)=[N+](CCCCCC(=O)O)c2ccc(P(=O)(O)O)cc21. The first-order valence-corrected chi connectivity index (χ1v) is 23.0. The summed E-state index contributed by atoms with van der Waals surface area (Å²) in [6, 6.07) is 9.61. The van der Waals surface area contributed by atoms with Crippen molar-refractivity contribution in [2.75, 3.05) is 18.0 Å². The average molecular weight is 844 g/mol. The molecule has 2 aromatic carbocycles. The van der Waals surface area contributed by atoms with E-state index in [1.807, 2.05) is 52.0 Å². The fourth-order valence-electron chi connectivity index (χ4n) is 8.18. The van der Waals surface area contributed by atoms with Gasteiger partial charge in [-0.2, -0.15) is 4.58 Å². The maximum atomic E-state index is 12.2. The number of hydrogen-bond acceptors (Lipinski definition) is 5. The van der Waals surface area contributed by atoms with Gasteiger partial charge in [-0.1, -0.05) is 44.0 Å². The first kappa shape index (κ1) is 44.5. The number of fused-ring (bicyclic) bond motifs is 2. The van der Waals surface area contributed by atoms with Crippen molar-refractivity contribution in [1.29, 1.82) is 0 Å².